The summed E-state index contributed by atoms with van der Waals surface area (Å²) in [5.41, 5.74) is 0. The Morgan fingerprint density at radius 3 is 2.62 bits per heavy atom. The number of amides is 1. The predicted octanol–water partition coefficient (Wildman–Crippen LogP) is 0.442. The van der Waals surface area contributed by atoms with Gasteiger partial charge in [0.2, 0.25) is 5.91 Å². The second kappa shape index (κ2) is 6.86. The van der Waals surface area contributed by atoms with Gasteiger partial charge in [-0.1, -0.05) is 0 Å². The van der Waals surface area contributed by atoms with E-state index in [1.54, 1.807) is 0 Å². The zero-order valence-corrected chi connectivity index (χ0v) is 10.8. The standard InChI is InChI=1S/C12H25N3O/c1-4-13-12(16)10(2)14-9-11-5-7-15(3)8-6-11/h10-11,14H,4-9H2,1-3H3,(H,13,16). The van der Waals surface area contributed by atoms with Crippen molar-refractivity contribution < 1.29 is 4.79 Å². The molecule has 1 fully saturated rings. The minimum Gasteiger partial charge on any atom is -0.355 e. The first-order valence-electron chi connectivity index (χ1n) is 6.33. The molecule has 4 nitrogen and oxygen atoms in total. The molecule has 1 aliphatic heterocycles. The number of hydrogen-bond donors (Lipinski definition) is 2. The molecular formula is C12H25N3O. The van der Waals surface area contributed by atoms with Crippen LogP contribution in [0.25, 0.3) is 0 Å². The fourth-order valence-corrected chi connectivity index (χ4v) is 2.03. The molecule has 1 unspecified atom stereocenters. The number of nitrogens with zero attached hydrogens (tertiary/aromatic N) is 1. The van der Waals surface area contributed by atoms with Crippen molar-refractivity contribution in [3.8, 4) is 0 Å². The van der Waals surface area contributed by atoms with E-state index in [0.717, 1.165) is 12.5 Å². The third-order valence-corrected chi connectivity index (χ3v) is 3.30. The van der Waals surface area contributed by atoms with E-state index < -0.39 is 0 Å². The van der Waals surface area contributed by atoms with Crippen LogP contribution >= 0.6 is 0 Å². The third kappa shape index (κ3) is 4.49. The van der Waals surface area contributed by atoms with Crippen LogP contribution in [0, 0.1) is 5.92 Å². The zero-order valence-electron chi connectivity index (χ0n) is 10.8. The van der Waals surface area contributed by atoms with Crippen LogP contribution in [0.2, 0.25) is 0 Å². The molecule has 1 rings (SSSR count). The van der Waals surface area contributed by atoms with Gasteiger partial charge in [0.05, 0.1) is 6.04 Å². The van der Waals surface area contributed by atoms with Crippen LogP contribution in [-0.2, 0) is 4.79 Å². The van der Waals surface area contributed by atoms with E-state index in [9.17, 15) is 4.79 Å². The largest absolute Gasteiger partial charge is 0.355 e. The summed E-state index contributed by atoms with van der Waals surface area (Å²) in [6.07, 6.45) is 2.48. The fraction of sp³-hybridized carbons (Fsp3) is 0.917. The van der Waals surface area contributed by atoms with E-state index in [4.69, 9.17) is 0 Å². The normalized spacial score (nSPS) is 20.7. The Labute approximate surface area is 98.8 Å². The number of rotatable bonds is 5. The molecule has 0 saturated carbocycles. The number of carbonyl (C=O) groups is 1. The van der Waals surface area contributed by atoms with Gasteiger partial charge in [-0.2, -0.15) is 0 Å². The Hall–Kier alpha value is -0.610. The van der Waals surface area contributed by atoms with Crippen LogP contribution in [0.3, 0.4) is 0 Å². The summed E-state index contributed by atoms with van der Waals surface area (Å²) in [5, 5.41) is 6.15. The first kappa shape index (κ1) is 13.5. The predicted molar refractivity (Wildman–Crippen MR) is 66.4 cm³/mol. The average Bonchev–Trinajstić information content (AvgIpc) is 2.28. The van der Waals surface area contributed by atoms with Gasteiger partial charge in [0, 0.05) is 6.54 Å². The van der Waals surface area contributed by atoms with E-state index in [1.165, 1.54) is 25.9 Å². The number of hydrogen-bond acceptors (Lipinski definition) is 3. The van der Waals surface area contributed by atoms with Gasteiger partial charge in [-0.15, -0.1) is 0 Å². The van der Waals surface area contributed by atoms with Crippen molar-refractivity contribution in [2.24, 2.45) is 5.92 Å². The summed E-state index contributed by atoms with van der Waals surface area (Å²) in [5.74, 6) is 0.837. The van der Waals surface area contributed by atoms with Crippen molar-refractivity contribution in [2.45, 2.75) is 32.7 Å². The Bertz CT molecular complexity index is 212. The molecule has 0 aromatic carbocycles. The molecule has 0 spiro atoms. The Morgan fingerprint density at radius 1 is 1.44 bits per heavy atom. The van der Waals surface area contributed by atoms with Gasteiger partial charge < -0.3 is 15.5 Å². The van der Waals surface area contributed by atoms with Crippen LogP contribution in [0.5, 0.6) is 0 Å². The molecule has 1 aliphatic rings. The molecule has 94 valence electrons. The highest BCUT2D eigenvalue weighted by Crippen LogP contribution is 2.14. The number of likely N-dealkylation sites (tertiary alicyclic amines) is 1. The van der Waals surface area contributed by atoms with Crippen molar-refractivity contribution in [3.63, 3.8) is 0 Å². The maximum Gasteiger partial charge on any atom is 0.236 e. The van der Waals surface area contributed by atoms with Gasteiger partial charge in [-0.25, -0.2) is 0 Å². The minimum absolute atomic E-state index is 0.0698. The third-order valence-electron chi connectivity index (χ3n) is 3.30. The lowest BCUT2D eigenvalue weighted by atomic mass is 9.97. The SMILES string of the molecule is CCNC(=O)C(C)NCC1CCN(C)CC1. The monoisotopic (exact) mass is 227 g/mol. The quantitative estimate of drug-likeness (QED) is 0.716. The van der Waals surface area contributed by atoms with Crippen LogP contribution in [0.15, 0.2) is 0 Å². The van der Waals surface area contributed by atoms with Crippen LogP contribution in [0.1, 0.15) is 26.7 Å². The highest BCUT2D eigenvalue weighted by Gasteiger charge is 2.18. The first-order valence-corrected chi connectivity index (χ1v) is 6.33. The molecule has 0 aromatic rings. The van der Waals surface area contributed by atoms with Crippen molar-refractivity contribution in [2.75, 3.05) is 33.2 Å². The molecule has 1 saturated heterocycles. The molecule has 1 amide bonds. The fourth-order valence-electron chi connectivity index (χ4n) is 2.03. The van der Waals surface area contributed by atoms with Gasteiger partial charge in [0.15, 0.2) is 0 Å². The van der Waals surface area contributed by atoms with Gasteiger partial charge in [0.25, 0.3) is 0 Å². The summed E-state index contributed by atoms with van der Waals surface area (Å²) < 4.78 is 0. The highest BCUT2D eigenvalue weighted by molar-refractivity contribution is 5.81. The van der Waals surface area contributed by atoms with E-state index in [-0.39, 0.29) is 11.9 Å². The van der Waals surface area contributed by atoms with Gasteiger partial charge in [0.1, 0.15) is 0 Å². The lowest BCUT2D eigenvalue weighted by molar-refractivity contribution is -0.122. The van der Waals surface area contributed by atoms with Crippen LogP contribution in [0.4, 0.5) is 0 Å². The summed E-state index contributed by atoms with van der Waals surface area (Å²) in [6.45, 7) is 7.91. The van der Waals surface area contributed by atoms with E-state index in [2.05, 4.69) is 22.6 Å². The lowest BCUT2D eigenvalue weighted by Gasteiger charge is -2.29. The molecule has 1 heterocycles. The van der Waals surface area contributed by atoms with Crippen LogP contribution < -0.4 is 10.6 Å². The average molecular weight is 227 g/mol. The van der Waals surface area contributed by atoms with Crippen molar-refractivity contribution in [1.29, 1.82) is 0 Å². The van der Waals surface area contributed by atoms with Crippen molar-refractivity contribution in [3.05, 3.63) is 0 Å². The molecule has 0 aliphatic carbocycles. The Balaban J connectivity index is 2.16. The molecule has 0 aromatic heterocycles. The van der Waals surface area contributed by atoms with Gasteiger partial charge in [-0.05, 0) is 59.3 Å². The molecule has 4 heteroatoms. The lowest BCUT2D eigenvalue weighted by Crippen LogP contribution is -2.45. The second-order valence-corrected chi connectivity index (χ2v) is 4.77. The maximum atomic E-state index is 11.5. The topological polar surface area (TPSA) is 44.4 Å². The maximum absolute atomic E-state index is 11.5. The summed E-state index contributed by atoms with van der Waals surface area (Å²) in [6, 6.07) is -0.0698. The summed E-state index contributed by atoms with van der Waals surface area (Å²) in [4.78, 5) is 13.9. The summed E-state index contributed by atoms with van der Waals surface area (Å²) in [7, 11) is 2.17. The highest BCUT2D eigenvalue weighted by atomic mass is 16.2. The van der Waals surface area contributed by atoms with Gasteiger partial charge >= 0.3 is 0 Å². The Morgan fingerprint density at radius 2 is 2.06 bits per heavy atom. The van der Waals surface area contributed by atoms with Crippen molar-refractivity contribution in [1.82, 2.24) is 15.5 Å². The number of piperidine rings is 1. The minimum atomic E-state index is -0.0698. The van der Waals surface area contributed by atoms with Crippen LogP contribution in [-0.4, -0.2) is 50.1 Å². The number of likely N-dealkylation sites (N-methyl/N-ethyl adjacent to an activating group) is 1. The summed E-state index contributed by atoms with van der Waals surface area (Å²) >= 11 is 0. The van der Waals surface area contributed by atoms with Gasteiger partial charge in [-0.3, -0.25) is 4.79 Å². The van der Waals surface area contributed by atoms with E-state index >= 15 is 0 Å². The second-order valence-electron chi connectivity index (χ2n) is 4.77. The van der Waals surface area contributed by atoms with E-state index in [1.807, 2.05) is 13.8 Å². The zero-order chi connectivity index (χ0) is 12.0. The van der Waals surface area contributed by atoms with Crippen molar-refractivity contribution >= 4 is 5.91 Å². The molecule has 0 radical (unpaired) electrons. The number of carbonyl (C=O) groups excluding carboxylic acids is 1. The number of nitrogens with one attached hydrogen (secondary N) is 2. The first-order chi connectivity index (χ1) is 7.63. The molecule has 2 N–H and O–H groups in total. The smallest absolute Gasteiger partial charge is 0.236 e. The molecule has 16 heavy (non-hydrogen) atoms. The molecular weight excluding hydrogens is 202 g/mol. The molecule has 1 atom stereocenters. The molecule has 0 bridgehead atoms. The Kier molecular flexibility index (Phi) is 5.77. The van der Waals surface area contributed by atoms with E-state index in [0.29, 0.717) is 6.54 Å².